The van der Waals surface area contributed by atoms with Gasteiger partial charge in [-0.25, -0.2) is 0 Å². The molecule has 0 saturated heterocycles. The van der Waals surface area contributed by atoms with E-state index in [0.29, 0.717) is 6.42 Å². The Hall–Kier alpha value is -1.02. The van der Waals surface area contributed by atoms with E-state index in [1.165, 1.54) is 30.4 Å². The van der Waals surface area contributed by atoms with Gasteiger partial charge in [-0.3, -0.25) is 0 Å². The molecule has 0 heterocycles. The Bertz CT molecular complexity index is 406. The van der Waals surface area contributed by atoms with Crippen LogP contribution in [0.3, 0.4) is 0 Å². The van der Waals surface area contributed by atoms with Crippen LogP contribution in [-0.2, 0) is 6.42 Å². The van der Waals surface area contributed by atoms with Gasteiger partial charge in [0.05, 0.1) is 12.7 Å². The van der Waals surface area contributed by atoms with E-state index in [-0.39, 0.29) is 6.10 Å². The SMILES string of the molecule is Cc1cc(C)c(OCC2CCC2)c(CC(C)O)c1. The molecule has 1 saturated carbocycles. The first-order valence-electron chi connectivity index (χ1n) is 6.97. The Morgan fingerprint density at radius 2 is 2.06 bits per heavy atom. The fourth-order valence-corrected chi connectivity index (χ4v) is 2.58. The first-order chi connectivity index (χ1) is 8.56. The lowest BCUT2D eigenvalue weighted by molar-refractivity contribution is 0.172. The van der Waals surface area contributed by atoms with Crippen molar-refractivity contribution >= 4 is 0 Å². The van der Waals surface area contributed by atoms with Crippen LogP contribution >= 0.6 is 0 Å². The van der Waals surface area contributed by atoms with Gasteiger partial charge in [-0.2, -0.15) is 0 Å². The minimum absolute atomic E-state index is 0.322. The van der Waals surface area contributed by atoms with E-state index < -0.39 is 0 Å². The Morgan fingerprint density at radius 3 is 2.61 bits per heavy atom. The molecule has 0 bridgehead atoms. The number of hydrogen-bond acceptors (Lipinski definition) is 2. The van der Waals surface area contributed by atoms with Crippen LogP contribution in [0.5, 0.6) is 5.75 Å². The first kappa shape index (κ1) is 13.4. The molecule has 1 fully saturated rings. The highest BCUT2D eigenvalue weighted by Gasteiger charge is 2.19. The van der Waals surface area contributed by atoms with Crippen molar-refractivity contribution in [2.75, 3.05) is 6.61 Å². The van der Waals surface area contributed by atoms with E-state index in [4.69, 9.17) is 4.74 Å². The maximum Gasteiger partial charge on any atom is 0.125 e. The van der Waals surface area contributed by atoms with Crippen molar-refractivity contribution in [3.05, 3.63) is 28.8 Å². The third-order valence-electron chi connectivity index (χ3n) is 3.70. The zero-order valence-electron chi connectivity index (χ0n) is 11.7. The van der Waals surface area contributed by atoms with Crippen LogP contribution in [0.15, 0.2) is 12.1 Å². The van der Waals surface area contributed by atoms with Crippen molar-refractivity contribution in [3.63, 3.8) is 0 Å². The van der Waals surface area contributed by atoms with Gasteiger partial charge in [-0.15, -0.1) is 0 Å². The molecule has 1 unspecified atom stereocenters. The van der Waals surface area contributed by atoms with Crippen LogP contribution in [0.25, 0.3) is 0 Å². The summed E-state index contributed by atoms with van der Waals surface area (Å²) in [6, 6.07) is 4.29. The van der Waals surface area contributed by atoms with E-state index in [2.05, 4.69) is 26.0 Å². The molecular weight excluding hydrogens is 224 g/mol. The molecule has 0 aliphatic heterocycles. The molecule has 1 aromatic carbocycles. The van der Waals surface area contributed by atoms with E-state index in [9.17, 15) is 5.11 Å². The molecule has 1 aliphatic carbocycles. The smallest absolute Gasteiger partial charge is 0.125 e. The average Bonchev–Trinajstić information content (AvgIpc) is 2.18. The number of benzene rings is 1. The fourth-order valence-electron chi connectivity index (χ4n) is 2.58. The second kappa shape index (κ2) is 5.75. The molecule has 0 amide bonds. The zero-order valence-corrected chi connectivity index (χ0v) is 11.7. The van der Waals surface area contributed by atoms with Gasteiger partial charge in [-0.05, 0) is 50.7 Å². The molecule has 100 valence electrons. The lowest BCUT2D eigenvalue weighted by atomic mass is 9.86. The van der Waals surface area contributed by atoms with Gasteiger partial charge in [0.1, 0.15) is 5.75 Å². The summed E-state index contributed by atoms with van der Waals surface area (Å²) in [4.78, 5) is 0. The third kappa shape index (κ3) is 3.26. The summed E-state index contributed by atoms with van der Waals surface area (Å²) in [5.74, 6) is 1.73. The van der Waals surface area contributed by atoms with Crippen LogP contribution in [-0.4, -0.2) is 17.8 Å². The minimum atomic E-state index is -0.322. The van der Waals surface area contributed by atoms with Crippen LogP contribution in [0.4, 0.5) is 0 Å². The van der Waals surface area contributed by atoms with Crippen LogP contribution < -0.4 is 4.74 Å². The highest BCUT2D eigenvalue weighted by atomic mass is 16.5. The maximum absolute atomic E-state index is 9.59. The molecule has 2 rings (SSSR count). The van der Waals surface area contributed by atoms with Crippen molar-refractivity contribution in [2.45, 2.75) is 52.6 Å². The number of rotatable bonds is 5. The molecule has 1 atom stereocenters. The third-order valence-corrected chi connectivity index (χ3v) is 3.70. The van der Waals surface area contributed by atoms with Crippen molar-refractivity contribution < 1.29 is 9.84 Å². The zero-order chi connectivity index (χ0) is 13.1. The summed E-state index contributed by atoms with van der Waals surface area (Å²) >= 11 is 0. The molecule has 1 aliphatic rings. The van der Waals surface area contributed by atoms with Crippen molar-refractivity contribution in [1.29, 1.82) is 0 Å². The Labute approximate surface area is 110 Å². The number of ether oxygens (including phenoxy) is 1. The lowest BCUT2D eigenvalue weighted by Crippen LogP contribution is -2.20. The Kier molecular flexibility index (Phi) is 4.28. The Balaban J connectivity index is 2.13. The molecule has 1 aromatic rings. The van der Waals surface area contributed by atoms with Gasteiger partial charge in [0.25, 0.3) is 0 Å². The highest BCUT2D eigenvalue weighted by molar-refractivity contribution is 5.44. The van der Waals surface area contributed by atoms with Crippen molar-refractivity contribution in [2.24, 2.45) is 5.92 Å². The van der Waals surface area contributed by atoms with Gasteiger partial charge < -0.3 is 9.84 Å². The quantitative estimate of drug-likeness (QED) is 0.865. The molecule has 2 nitrogen and oxygen atoms in total. The van der Waals surface area contributed by atoms with E-state index in [1.807, 2.05) is 6.92 Å². The summed E-state index contributed by atoms with van der Waals surface area (Å²) in [6.45, 7) is 6.84. The van der Waals surface area contributed by atoms with Gasteiger partial charge in [-0.1, -0.05) is 24.1 Å². The van der Waals surface area contributed by atoms with Gasteiger partial charge in [0.2, 0.25) is 0 Å². The van der Waals surface area contributed by atoms with Gasteiger partial charge in [0.15, 0.2) is 0 Å². The highest BCUT2D eigenvalue weighted by Crippen LogP contribution is 2.31. The van der Waals surface area contributed by atoms with Crippen LogP contribution in [0, 0.1) is 19.8 Å². The van der Waals surface area contributed by atoms with Crippen molar-refractivity contribution in [3.8, 4) is 5.75 Å². The summed E-state index contributed by atoms with van der Waals surface area (Å²) in [6.07, 6.45) is 4.30. The largest absolute Gasteiger partial charge is 0.493 e. The second-order valence-corrected chi connectivity index (χ2v) is 5.73. The molecule has 0 aromatic heterocycles. The first-order valence-corrected chi connectivity index (χ1v) is 6.97. The van der Waals surface area contributed by atoms with E-state index in [0.717, 1.165) is 23.8 Å². The maximum atomic E-state index is 9.59. The predicted octanol–water partition coefficient (Wildman–Crippen LogP) is 3.41. The summed E-state index contributed by atoms with van der Waals surface area (Å²) in [7, 11) is 0. The molecule has 0 radical (unpaired) electrons. The van der Waals surface area contributed by atoms with E-state index >= 15 is 0 Å². The molecule has 0 spiro atoms. The molecular formula is C16H24O2. The van der Waals surface area contributed by atoms with Gasteiger partial charge in [0, 0.05) is 6.42 Å². The summed E-state index contributed by atoms with van der Waals surface area (Å²) in [5, 5.41) is 9.59. The average molecular weight is 248 g/mol. The second-order valence-electron chi connectivity index (χ2n) is 5.73. The number of aryl methyl sites for hydroxylation is 2. The predicted molar refractivity (Wildman–Crippen MR) is 74.1 cm³/mol. The lowest BCUT2D eigenvalue weighted by Gasteiger charge is -2.26. The van der Waals surface area contributed by atoms with Crippen molar-refractivity contribution in [1.82, 2.24) is 0 Å². The monoisotopic (exact) mass is 248 g/mol. The summed E-state index contributed by atoms with van der Waals surface area (Å²) in [5.41, 5.74) is 3.56. The minimum Gasteiger partial charge on any atom is -0.493 e. The van der Waals surface area contributed by atoms with Gasteiger partial charge >= 0.3 is 0 Å². The van der Waals surface area contributed by atoms with Crippen LogP contribution in [0.1, 0.15) is 42.9 Å². The number of aliphatic hydroxyl groups excluding tert-OH is 1. The fraction of sp³-hybridized carbons (Fsp3) is 0.625. The van der Waals surface area contributed by atoms with E-state index in [1.54, 1.807) is 0 Å². The Morgan fingerprint density at radius 1 is 1.33 bits per heavy atom. The topological polar surface area (TPSA) is 29.5 Å². The number of hydrogen-bond donors (Lipinski definition) is 1. The van der Waals surface area contributed by atoms with Crippen LogP contribution in [0.2, 0.25) is 0 Å². The molecule has 2 heteroatoms. The summed E-state index contributed by atoms with van der Waals surface area (Å²) < 4.78 is 6.02. The normalized spacial score (nSPS) is 17.3. The molecule has 18 heavy (non-hydrogen) atoms. The molecule has 1 N–H and O–H groups in total. The number of aliphatic hydroxyl groups is 1. The standard InChI is InChI=1S/C16H24O2/c1-11-7-12(2)16(15(8-11)9-13(3)17)18-10-14-5-4-6-14/h7-8,13-14,17H,4-6,9-10H2,1-3H3.